The predicted molar refractivity (Wildman–Crippen MR) is 145 cm³/mol. The maximum Gasteiger partial charge on any atom is 0.246 e. The van der Waals surface area contributed by atoms with Crippen LogP contribution < -0.4 is 14.8 Å². The van der Waals surface area contributed by atoms with Crippen LogP contribution in [-0.2, 0) is 4.79 Å². The quantitative estimate of drug-likeness (QED) is 0.270. The van der Waals surface area contributed by atoms with Gasteiger partial charge in [-0.3, -0.25) is 4.79 Å². The van der Waals surface area contributed by atoms with Crippen LogP contribution in [0.3, 0.4) is 0 Å². The van der Waals surface area contributed by atoms with E-state index in [4.69, 9.17) is 32.7 Å². The first-order chi connectivity index (χ1) is 17.6. The van der Waals surface area contributed by atoms with Crippen molar-refractivity contribution < 1.29 is 18.7 Å². The molecule has 2 heterocycles. The van der Waals surface area contributed by atoms with E-state index in [1.54, 1.807) is 25.3 Å². The zero-order valence-electron chi connectivity index (χ0n) is 21.1. The van der Waals surface area contributed by atoms with Crippen LogP contribution in [0, 0.1) is 11.2 Å². The zero-order chi connectivity index (χ0) is 26.7. The molecule has 1 N–H and O–H groups in total. The molecule has 10 heteroatoms. The Bertz CT molecular complexity index is 1340. The van der Waals surface area contributed by atoms with Crippen molar-refractivity contribution in [3.05, 3.63) is 58.6 Å². The van der Waals surface area contributed by atoms with Crippen molar-refractivity contribution in [3.63, 3.8) is 0 Å². The fourth-order valence-corrected chi connectivity index (χ4v) is 4.28. The second kappa shape index (κ2) is 11.1. The number of ether oxygens (including phenoxy) is 2. The van der Waals surface area contributed by atoms with Crippen molar-refractivity contribution in [1.29, 1.82) is 0 Å². The molecule has 37 heavy (non-hydrogen) atoms. The van der Waals surface area contributed by atoms with E-state index < -0.39 is 5.82 Å². The van der Waals surface area contributed by atoms with Gasteiger partial charge < -0.3 is 19.7 Å². The third kappa shape index (κ3) is 6.43. The molecule has 7 nitrogen and oxygen atoms in total. The number of nitrogens with zero attached hydrogens (tertiary/aromatic N) is 3. The molecule has 0 bridgehead atoms. The monoisotopic (exact) mass is 546 g/mol. The number of allylic oxidation sites excluding steroid dienone is 1. The van der Waals surface area contributed by atoms with Crippen LogP contribution in [0.25, 0.3) is 10.9 Å². The third-order valence-electron chi connectivity index (χ3n) is 5.98. The number of hydrogen-bond acceptors (Lipinski definition) is 6. The highest BCUT2D eigenvalue weighted by Crippen LogP contribution is 2.37. The third-order valence-corrected chi connectivity index (χ3v) is 6.76. The number of carbonyl (C=O) groups is 1. The van der Waals surface area contributed by atoms with E-state index in [0.717, 1.165) is 0 Å². The van der Waals surface area contributed by atoms with Crippen LogP contribution in [0.2, 0.25) is 10.0 Å². The maximum atomic E-state index is 14.7. The van der Waals surface area contributed by atoms with Crippen molar-refractivity contribution >= 4 is 51.5 Å². The Morgan fingerprint density at radius 3 is 2.57 bits per heavy atom. The molecule has 1 aromatic heterocycles. The SMILES string of the molecule is COc1cc2ncnc(Nc3ccc(Cl)c(Cl)c3F)c2cc1OC1CCN(C(=O)/C=C/C(C)(C)C)CC1. The molecule has 1 amide bonds. The van der Waals surface area contributed by atoms with Crippen molar-refractivity contribution in [2.24, 2.45) is 5.41 Å². The second-order valence-electron chi connectivity index (χ2n) is 9.93. The lowest BCUT2D eigenvalue weighted by atomic mass is 9.96. The lowest BCUT2D eigenvalue weighted by molar-refractivity contribution is -0.127. The maximum absolute atomic E-state index is 14.7. The highest BCUT2D eigenvalue weighted by atomic mass is 35.5. The van der Waals surface area contributed by atoms with Crippen LogP contribution in [0.15, 0.2) is 42.7 Å². The van der Waals surface area contributed by atoms with Crippen LogP contribution in [0.1, 0.15) is 33.6 Å². The van der Waals surface area contributed by atoms with Crippen molar-refractivity contribution in [3.8, 4) is 11.5 Å². The van der Waals surface area contributed by atoms with E-state index in [0.29, 0.717) is 54.2 Å². The highest BCUT2D eigenvalue weighted by molar-refractivity contribution is 6.42. The number of methoxy groups -OCH3 is 1. The zero-order valence-corrected chi connectivity index (χ0v) is 22.7. The van der Waals surface area contributed by atoms with Crippen LogP contribution in [0.5, 0.6) is 11.5 Å². The van der Waals surface area contributed by atoms with Crippen molar-refractivity contribution in [1.82, 2.24) is 14.9 Å². The van der Waals surface area contributed by atoms with Crippen LogP contribution >= 0.6 is 23.2 Å². The van der Waals surface area contributed by atoms with Crippen molar-refractivity contribution in [2.75, 3.05) is 25.5 Å². The molecule has 1 aliphatic rings. The first kappa shape index (κ1) is 26.9. The van der Waals surface area contributed by atoms with Gasteiger partial charge in [-0.15, -0.1) is 0 Å². The molecule has 0 radical (unpaired) electrons. The molecular formula is C27H29Cl2FN4O3. The Morgan fingerprint density at radius 1 is 1.16 bits per heavy atom. The Kier molecular flexibility index (Phi) is 8.09. The summed E-state index contributed by atoms with van der Waals surface area (Å²) in [6, 6.07) is 6.52. The molecule has 0 unspecified atom stereocenters. The van der Waals surface area contributed by atoms with Gasteiger partial charge in [0.05, 0.1) is 28.4 Å². The molecule has 4 rings (SSSR count). The van der Waals surface area contributed by atoms with Gasteiger partial charge in [-0.2, -0.15) is 0 Å². The van der Waals surface area contributed by atoms with E-state index in [2.05, 4.69) is 36.1 Å². The lowest BCUT2D eigenvalue weighted by Gasteiger charge is -2.32. The van der Waals surface area contributed by atoms with Gasteiger partial charge in [0.15, 0.2) is 17.3 Å². The van der Waals surface area contributed by atoms with E-state index in [1.807, 2.05) is 11.0 Å². The summed E-state index contributed by atoms with van der Waals surface area (Å²) in [6.45, 7) is 7.36. The molecule has 2 aromatic carbocycles. The normalized spacial score (nSPS) is 14.8. The number of halogens is 3. The number of likely N-dealkylation sites (tertiary alicyclic amines) is 1. The topological polar surface area (TPSA) is 76.6 Å². The standard InChI is InChI=1S/C27H29Cl2FN4O3/c1-27(2,3)10-7-23(35)34-11-8-16(9-12-34)37-22-13-17-20(14-21(22)36-4)31-15-32-26(17)33-19-6-5-18(28)24(29)25(19)30/h5-7,10,13-16H,8-9,11-12H2,1-4H3,(H,31,32,33)/b10-7+. The molecule has 3 aromatic rings. The number of aromatic nitrogens is 2. The number of fused-ring (bicyclic) bond motifs is 1. The molecular weight excluding hydrogens is 518 g/mol. The van der Waals surface area contributed by atoms with E-state index in [9.17, 15) is 9.18 Å². The summed E-state index contributed by atoms with van der Waals surface area (Å²) >= 11 is 11.9. The van der Waals surface area contributed by atoms with Gasteiger partial charge in [-0.05, 0) is 29.7 Å². The largest absolute Gasteiger partial charge is 0.493 e. The number of nitrogens with one attached hydrogen (secondary N) is 1. The number of hydrogen-bond donors (Lipinski definition) is 1. The van der Waals surface area contributed by atoms with Gasteiger partial charge in [0.1, 0.15) is 18.2 Å². The van der Waals surface area contributed by atoms with Gasteiger partial charge in [-0.1, -0.05) is 50.0 Å². The summed E-state index contributed by atoms with van der Waals surface area (Å²) in [5.41, 5.74) is 0.672. The average Bonchev–Trinajstić information content (AvgIpc) is 2.87. The molecule has 0 spiro atoms. The molecule has 0 saturated carbocycles. The van der Waals surface area contributed by atoms with Gasteiger partial charge in [0, 0.05) is 37.4 Å². The first-order valence-corrected chi connectivity index (χ1v) is 12.7. The molecule has 1 fully saturated rings. The molecule has 1 aliphatic heterocycles. The second-order valence-corrected chi connectivity index (χ2v) is 10.7. The Hall–Kier alpha value is -3.10. The molecule has 1 saturated heterocycles. The lowest BCUT2D eigenvalue weighted by Crippen LogP contribution is -2.41. The number of amides is 1. The number of piperidine rings is 1. The number of anilines is 2. The molecule has 0 aliphatic carbocycles. The predicted octanol–water partition coefficient (Wildman–Crippen LogP) is 6.80. The highest BCUT2D eigenvalue weighted by Gasteiger charge is 2.25. The smallest absolute Gasteiger partial charge is 0.246 e. The Morgan fingerprint density at radius 2 is 1.89 bits per heavy atom. The summed E-state index contributed by atoms with van der Waals surface area (Å²) in [4.78, 5) is 23.0. The van der Waals surface area contributed by atoms with Gasteiger partial charge in [-0.25, -0.2) is 14.4 Å². The minimum atomic E-state index is -0.676. The molecule has 196 valence electrons. The summed E-state index contributed by atoms with van der Waals surface area (Å²) in [5, 5.41) is 3.54. The number of carbonyl (C=O) groups excluding carboxylic acids is 1. The molecule has 0 atom stereocenters. The van der Waals surface area contributed by atoms with Gasteiger partial charge in [0.25, 0.3) is 0 Å². The minimum Gasteiger partial charge on any atom is -0.493 e. The average molecular weight is 547 g/mol. The van der Waals surface area contributed by atoms with Gasteiger partial charge >= 0.3 is 0 Å². The number of benzene rings is 2. The van der Waals surface area contributed by atoms with Crippen LogP contribution in [-0.4, -0.2) is 47.1 Å². The van der Waals surface area contributed by atoms with Gasteiger partial charge in [0.2, 0.25) is 5.91 Å². The first-order valence-electron chi connectivity index (χ1n) is 11.9. The fourth-order valence-electron chi connectivity index (χ4n) is 3.97. The fraction of sp³-hybridized carbons (Fsp3) is 0.370. The Balaban J connectivity index is 1.53. The van der Waals surface area contributed by atoms with Crippen LogP contribution in [0.4, 0.5) is 15.9 Å². The van der Waals surface area contributed by atoms with Crippen molar-refractivity contribution in [2.45, 2.75) is 39.7 Å². The summed E-state index contributed by atoms with van der Waals surface area (Å²) in [7, 11) is 1.56. The Labute approximate surface area is 225 Å². The minimum absolute atomic E-state index is 0.0130. The summed E-state index contributed by atoms with van der Waals surface area (Å²) < 4.78 is 26.5. The van der Waals surface area contributed by atoms with E-state index >= 15 is 0 Å². The van der Waals surface area contributed by atoms with E-state index in [1.165, 1.54) is 18.5 Å². The summed E-state index contributed by atoms with van der Waals surface area (Å²) in [6.07, 6.45) is 6.22. The van der Waals surface area contributed by atoms with E-state index in [-0.39, 0.29) is 33.2 Å². The summed E-state index contributed by atoms with van der Waals surface area (Å²) in [5.74, 6) is 0.744. The number of rotatable bonds is 6.